The summed E-state index contributed by atoms with van der Waals surface area (Å²) in [6, 6.07) is 4.93. The second-order valence-electron chi connectivity index (χ2n) is 7.31. The van der Waals surface area contributed by atoms with E-state index in [4.69, 9.17) is 0 Å². The summed E-state index contributed by atoms with van der Waals surface area (Å²) < 4.78 is 40.4. The molecule has 2 aliphatic rings. The monoisotopic (exact) mass is 398 g/mol. The van der Waals surface area contributed by atoms with Crippen molar-refractivity contribution in [2.45, 2.75) is 43.2 Å². The smallest absolute Gasteiger partial charge is 0.243 e. The van der Waals surface area contributed by atoms with E-state index in [-0.39, 0.29) is 28.8 Å². The standard InChI is InChI=1S/C18H27FN4O3S/c1-13-17(12-20-21-13)18(24)23-9-4-6-15(8-10-23)22(2)27(25,26)16-7-3-5-14(19)11-16/h3,5,7,11,13,15,17,20-21H,4,6,8-10,12H2,1-2H3. The number of halogens is 1. The van der Waals surface area contributed by atoms with Crippen molar-refractivity contribution in [3.8, 4) is 0 Å². The molecule has 7 nitrogen and oxygen atoms in total. The van der Waals surface area contributed by atoms with Crippen LogP contribution < -0.4 is 10.9 Å². The maximum Gasteiger partial charge on any atom is 0.243 e. The Labute approximate surface area is 159 Å². The van der Waals surface area contributed by atoms with Gasteiger partial charge < -0.3 is 4.90 Å². The zero-order chi connectivity index (χ0) is 19.6. The van der Waals surface area contributed by atoms with Crippen LogP contribution in [-0.4, -0.2) is 62.3 Å². The van der Waals surface area contributed by atoms with Crippen LogP contribution in [0.1, 0.15) is 26.2 Å². The van der Waals surface area contributed by atoms with Gasteiger partial charge in [-0.25, -0.2) is 12.8 Å². The second kappa shape index (κ2) is 8.22. The number of nitrogens with zero attached hydrogens (tertiary/aromatic N) is 2. The van der Waals surface area contributed by atoms with Crippen LogP contribution in [0.2, 0.25) is 0 Å². The Morgan fingerprint density at radius 2 is 2.07 bits per heavy atom. The number of sulfonamides is 1. The summed E-state index contributed by atoms with van der Waals surface area (Å²) >= 11 is 0. The number of hydrogen-bond donors (Lipinski definition) is 2. The first-order valence-corrected chi connectivity index (χ1v) is 10.8. The number of hydrazine groups is 1. The predicted octanol–water partition coefficient (Wildman–Crippen LogP) is 0.940. The maximum atomic E-state index is 13.5. The topological polar surface area (TPSA) is 81.8 Å². The average Bonchev–Trinajstić information content (AvgIpc) is 2.92. The fourth-order valence-corrected chi connectivity index (χ4v) is 5.24. The molecule has 0 saturated carbocycles. The van der Waals surface area contributed by atoms with E-state index in [1.165, 1.54) is 29.6 Å². The Balaban J connectivity index is 1.67. The molecule has 150 valence electrons. The highest BCUT2D eigenvalue weighted by Crippen LogP contribution is 2.24. The molecule has 0 spiro atoms. The number of likely N-dealkylation sites (tertiary alicyclic amines) is 1. The third-order valence-corrected chi connectivity index (χ3v) is 7.48. The van der Waals surface area contributed by atoms with Crippen LogP contribution in [0.3, 0.4) is 0 Å². The predicted molar refractivity (Wildman–Crippen MR) is 99.7 cm³/mol. The van der Waals surface area contributed by atoms with Gasteiger partial charge in [0.1, 0.15) is 5.82 Å². The molecule has 2 fully saturated rings. The molecule has 3 unspecified atom stereocenters. The maximum absolute atomic E-state index is 13.5. The molecule has 2 saturated heterocycles. The highest BCUT2D eigenvalue weighted by atomic mass is 32.2. The van der Waals surface area contributed by atoms with Gasteiger partial charge in [0.2, 0.25) is 15.9 Å². The fraction of sp³-hybridized carbons (Fsp3) is 0.611. The average molecular weight is 399 g/mol. The van der Waals surface area contributed by atoms with E-state index in [0.717, 1.165) is 12.5 Å². The van der Waals surface area contributed by atoms with Gasteiger partial charge in [-0.15, -0.1) is 0 Å². The third-order valence-electron chi connectivity index (χ3n) is 5.57. The zero-order valence-electron chi connectivity index (χ0n) is 15.7. The van der Waals surface area contributed by atoms with E-state index >= 15 is 0 Å². The molecule has 0 radical (unpaired) electrons. The lowest BCUT2D eigenvalue weighted by Gasteiger charge is -2.27. The van der Waals surface area contributed by atoms with Crippen LogP contribution in [0.4, 0.5) is 4.39 Å². The van der Waals surface area contributed by atoms with Gasteiger partial charge in [0.25, 0.3) is 0 Å². The van der Waals surface area contributed by atoms with Gasteiger partial charge in [-0.2, -0.15) is 4.31 Å². The first-order valence-electron chi connectivity index (χ1n) is 9.31. The molecule has 0 aliphatic carbocycles. The number of carbonyl (C=O) groups excluding carboxylic acids is 1. The van der Waals surface area contributed by atoms with Crippen molar-refractivity contribution in [3.63, 3.8) is 0 Å². The minimum Gasteiger partial charge on any atom is -0.342 e. The molecule has 2 aliphatic heterocycles. The van der Waals surface area contributed by atoms with Gasteiger partial charge in [-0.1, -0.05) is 6.07 Å². The van der Waals surface area contributed by atoms with Crippen LogP contribution >= 0.6 is 0 Å². The van der Waals surface area contributed by atoms with Crippen LogP contribution in [0, 0.1) is 11.7 Å². The molecule has 1 aromatic rings. The molecule has 2 heterocycles. The minimum absolute atomic E-state index is 0.0425. The van der Waals surface area contributed by atoms with Gasteiger partial charge in [-0.3, -0.25) is 15.6 Å². The number of amides is 1. The van der Waals surface area contributed by atoms with Crippen LogP contribution in [0.15, 0.2) is 29.2 Å². The Morgan fingerprint density at radius 3 is 2.74 bits per heavy atom. The van der Waals surface area contributed by atoms with E-state index in [2.05, 4.69) is 10.9 Å². The zero-order valence-corrected chi connectivity index (χ0v) is 16.5. The Bertz CT molecular complexity index is 789. The summed E-state index contributed by atoms with van der Waals surface area (Å²) in [5.41, 5.74) is 6.07. The molecule has 0 bridgehead atoms. The third kappa shape index (κ3) is 4.31. The summed E-state index contributed by atoms with van der Waals surface area (Å²) in [6.07, 6.45) is 1.98. The lowest BCUT2D eigenvalue weighted by molar-refractivity contribution is -0.135. The summed E-state index contributed by atoms with van der Waals surface area (Å²) in [5.74, 6) is -0.568. The Kier molecular flexibility index (Phi) is 6.15. The lowest BCUT2D eigenvalue weighted by Crippen LogP contribution is -2.42. The normalized spacial score (nSPS) is 27.0. The summed E-state index contributed by atoms with van der Waals surface area (Å²) in [7, 11) is -2.23. The number of benzene rings is 1. The Morgan fingerprint density at radius 1 is 1.30 bits per heavy atom. The van der Waals surface area contributed by atoms with Gasteiger partial charge in [0.05, 0.1) is 10.8 Å². The van der Waals surface area contributed by atoms with Gasteiger partial charge in [0.15, 0.2) is 0 Å². The number of carbonyl (C=O) groups is 1. The fourth-order valence-electron chi connectivity index (χ4n) is 3.80. The molecule has 1 amide bonds. The van der Waals surface area contributed by atoms with E-state index in [1.807, 2.05) is 11.8 Å². The largest absolute Gasteiger partial charge is 0.342 e. The lowest BCUT2D eigenvalue weighted by atomic mass is 10.0. The van der Waals surface area contributed by atoms with Crippen LogP contribution in [0.25, 0.3) is 0 Å². The van der Waals surface area contributed by atoms with E-state index < -0.39 is 15.8 Å². The highest BCUT2D eigenvalue weighted by Gasteiger charge is 2.35. The van der Waals surface area contributed by atoms with E-state index in [9.17, 15) is 17.6 Å². The van der Waals surface area contributed by atoms with Crippen molar-refractivity contribution in [2.75, 3.05) is 26.7 Å². The van der Waals surface area contributed by atoms with Gasteiger partial charge >= 0.3 is 0 Å². The second-order valence-corrected chi connectivity index (χ2v) is 9.31. The molecule has 2 N–H and O–H groups in total. The first-order chi connectivity index (χ1) is 12.8. The van der Waals surface area contributed by atoms with Crippen molar-refractivity contribution < 1.29 is 17.6 Å². The molecule has 27 heavy (non-hydrogen) atoms. The van der Waals surface area contributed by atoms with Crippen molar-refractivity contribution >= 4 is 15.9 Å². The molecule has 9 heteroatoms. The Hall–Kier alpha value is -1.55. The molecular weight excluding hydrogens is 371 g/mol. The number of nitrogens with one attached hydrogen (secondary N) is 2. The molecule has 3 atom stereocenters. The molecule has 3 rings (SSSR count). The summed E-state index contributed by atoms with van der Waals surface area (Å²) in [4.78, 5) is 14.6. The quantitative estimate of drug-likeness (QED) is 0.789. The van der Waals surface area contributed by atoms with Crippen molar-refractivity contribution in [1.82, 2.24) is 20.1 Å². The first kappa shape index (κ1) is 20.2. The van der Waals surface area contributed by atoms with E-state index in [1.54, 1.807) is 0 Å². The minimum atomic E-state index is -3.77. The molecule has 0 aromatic heterocycles. The summed E-state index contributed by atoms with van der Waals surface area (Å²) in [6.45, 7) is 3.73. The highest BCUT2D eigenvalue weighted by molar-refractivity contribution is 7.89. The van der Waals surface area contributed by atoms with Crippen LogP contribution in [0.5, 0.6) is 0 Å². The summed E-state index contributed by atoms with van der Waals surface area (Å²) in [5, 5.41) is 0. The van der Waals surface area contributed by atoms with Crippen molar-refractivity contribution in [2.24, 2.45) is 5.92 Å². The number of hydrogen-bond acceptors (Lipinski definition) is 5. The van der Waals surface area contributed by atoms with Crippen molar-refractivity contribution in [1.29, 1.82) is 0 Å². The molecular formula is C18H27FN4O3S. The molecule has 1 aromatic carbocycles. The number of rotatable bonds is 4. The van der Waals surface area contributed by atoms with Crippen LogP contribution in [-0.2, 0) is 14.8 Å². The SMILES string of the molecule is CC1NNCC1C(=O)N1CCCC(N(C)S(=O)(=O)c2cccc(F)c2)CC1. The van der Waals surface area contributed by atoms with E-state index in [0.29, 0.717) is 32.5 Å². The van der Waals surface area contributed by atoms with Crippen molar-refractivity contribution in [3.05, 3.63) is 30.1 Å². The van der Waals surface area contributed by atoms with Gasteiger partial charge in [0, 0.05) is 38.8 Å². The van der Waals surface area contributed by atoms with Gasteiger partial charge in [-0.05, 0) is 44.4 Å².